The third kappa shape index (κ3) is 12.1. The van der Waals surface area contributed by atoms with Crippen LogP contribution in [0.5, 0.6) is 5.75 Å². The third-order valence-corrected chi connectivity index (χ3v) is 4.79. The molecule has 0 unspecified atom stereocenters. The fraction of sp³-hybridized carbons (Fsp3) is 0.682. The van der Waals surface area contributed by atoms with Crippen molar-refractivity contribution in [1.29, 1.82) is 0 Å². The van der Waals surface area contributed by atoms with E-state index in [0.717, 1.165) is 52.4 Å². The van der Waals surface area contributed by atoms with Crippen LogP contribution < -0.4 is 22.1 Å². The molecule has 0 heterocycles. The fourth-order valence-corrected chi connectivity index (χ4v) is 3.07. The van der Waals surface area contributed by atoms with Gasteiger partial charge in [0, 0.05) is 65.4 Å². The van der Waals surface area contributed by atoms with Gasteiger partial charge in [-0.2, -0.15) is 0 Å². The van der Waals surface area contributed by atoms with E-state index in [9.17, 15) is 9.90 Å². The maximum Gasteiger partial charge on any atom is 0.255 e. The number of carbonyl (C=O) groups is 1. The quantitative estimate of drug-likeness (QED) is 0.233. The molecule has 0 aromatic heterocycles. The van der Waals surface area contributed by atoms with Crippen LogP contribution in [0.15, 0.2) is 24.3 Å². The van der Waals surface area contributed by atoms with Gasteiger partial charge in [-0.25, -0.2) is 0 Å². The summed E-state index contributed by atoms with van der Waals surface area (Å²) in [4.78, 5) is 17.0. The van der Waals surface area contributed by atoms with Gasteiger partial charge in [0.05, 0.1) is 5.56 Å². The lowest BCUT2D eigenvalue weighted by Gasteiger charge is -2.27. The zero-order valence-electron chi connectivity index (χ0n) is 17.9. The van der Waals surface area contributed by atoms with Crippen LogP contribution in [0.25, 0.3) is 0 Å². The molecular weight excluding hydrogens is 380 g/mol. The van der Waals surface area contributed by atoms with Gasteiger partial charge < -0.3 is 32.1 Å². The first-order valence-electron chi connectivity index (χ1n) is 10.7. The molecule has 30 heavy (non-hydrogen) atoms. The van der Waals surface area contributed by atoms with Crippen LogP contribution in [-0.2, 0) is 0 Å². The second-order valence-electron chi connectivity index (χ2n) is 7.14. The number of nitrogens with one attached hydrogen (secondary N) is 2. The first kappa shape index (κ1) is 28.3. The van der Waals surface area contributed by atoms with Crippen molar-refractivity contribution < 1.29 is 9.90 Å². The number of aromatic hydroxyl groups is 1. The molecule has 0 fully saturated rings. The van der Waals surface area contributed by atoms with Gasteiger partial charge in [0.1, 0.15) is 5.75 Å². The Bertz CT molecular complexity index is 558. The first-order chi connectivity index (χ1) is 14.1. The molecule has 8 nitrogen and oxygen atoms in total. The van der Waals surface area contributed by atoms with E-state index < -0.39 is 0 Å². The van der Waals surface area contributed by atoms with Crippen LogP contribution >= 0.6 is 0 Å². The summed E-state index contributed by atoms with van der Waals surface area (Å²) in [5.41, 5.74) is 11.6. The van der Waals surface area contributed by atoms with Crippen molar-refractivity contribution in [3.8, 4) is 5.75 Å². The average Bonchev–Trinajstić information content (AvgIpc) is 2.72. The van der Waals surface area contributed by atoms with Gasteiger partial charge in [-0.15, -0.1) is 0 Å². The van der Waals surface area contributed by atoms with Crippen molar-refractivity contribution in [2.24, 2.45) is 11.5 Å². The maximum absolute atomic E-state index is 12.2. The zero-order valence-corrected chi connectivity index (χ0v) is 17.9. The second kappa shape index (κ2) is 18.1. The molecule has 0 spiro atoms. The van der Waals surface area contributed by atoms with Crippen molar-refractivity contribution in [2.45, 2.75) is 27.2 Å². The molecule has 7 N–H and O–H groups in total. The van der Waals surface area contributed by atoms with E-state index in [4.69, 9.17) is 11.5 Å². The van der Waals surface area contributed by atoms with Gasteiger partial charge in [-0.05, 0) is 25.1 Å². The SMILES string of the molecule is C.CCCCN(CCNCCN)CCN(CCN)CCNC(=O)c1ccccc1O. The van der Waals surface area contributed by atoms with Crippen molar-refractivity contribution in [3.63, 3.8) is 0 Å². The molecule has 1 rings (SSSR count). The Balaban J connectivity index is 0.00000841. The normalized spacial score (nSPS) is 11.0. The highest BCUT2D eigenvalue weighted by Gasteiger charge is 2.12. The Morgan fingerprint density at radius 2 is 1.60 bits per heavy atom. The zero-order chi connectivity index (χ0) is 21.3. The Morgan fingerprint density at radius 1 is 0.933 bits per heavy atom. The van der Waals surface area contributed by atoms with Crippen LogP contribution in [0, 0.1) is 0 Å². The molecule has 1 aromatic carbocycles. The summed E-state index contributed by atoms with van der Waals surface area (Å²) in [6.07, 6.45) is 2.36. The van der Waals surface area contributed by atoms with Crippen molar-refractivity contribution >= 4 is 5.91 Å². The van der Waals surface area contributed by atoms with Crippen LogP contribution in [0.2, 0.25) is 0 Å². The number of benzene rings is 1. The van der Waals surface area contributed by atoms with Crippen LogP contribution in [0.3, 0.4) is 0 Å². The summed E-state index contributed by atoms with van der Waals surface area (Å²) in [6.45, 7) is 11.2. The van der Waals surface area contributed by atoms with E-state index in [1.165, 1.54) is 18.9 Å². The molecule has 0 saturated heterocycles. The summed E-state index contributed by atoms with van der Waals surface area (Å²) >= 11 is 0. The summed E-state index contributed by atoms with van der Waals surface area (Å²) < 4.78 is 0. The predicted octanol–water partition coefficient (Wildman–Crippen LogP) is 0.669. The topological polar surface area (TPSA) is 120 Å². The van der Waals surface area contributed by atoms with E-state index >= 15 is 0 Å². The molecule has 0 aliphatic heterocycles. The number of phenols is 1. The Labute approximate surface area is 183 Å². The number of hydrogen-bond acceptors (Lipinski definition) is 7. The van der Waals surface area contributed by atoms with E-state index in [1.807, 2.05) is 0 Å². The summed E-state index contributed by atoms with van der Waals surface area (Å²) in [7, 11) is 0. The highest BCUT2D eigenvalue weighted by Crippen LogP contribution is 2.14. The van der Waals surface area contributed by atoms with Crippen molar-refractivity contribution in [3.05, 3.63) is 29.8 Å². The number of carbonyl (C=O) groups excluding carboxylic acids is 1. The fourth-order valence-electron chi connectivity index (χ4n) is 3.07. The molecule has 0 aliphatic rings. The molecule has 1 amide bonds. The minimum absolute atomic E-state index is 0. The number of amides is 1. The van der Waals surface area contributed by atoms with Gasteiger partial charge in [0.25, 0.3) is 5.91 Å². The molecule has 0 aliphatic carbocycles. The van der Waals surface area contributed by atoms with Crippen LogP contribution in [0.1, 0.15) is 37.6 Å². The molecule has 0 bridgehead atoms. The Morgan fingerprint density at radius 3 is 2.23 bits per heavy atom. The van der Waals surface area contributed by atoms with Crippen LogP contribution in [-0.4, -0.2) is 92.8 Å². The largest absolute Gasteiger partial charge is 0.507 e. The summed E-state index contributed by atoms with van der Waals surface area (Å²) in [5.74, 6) is -0.259. The van der Waals surface area contributed by atoms with Gasteiger partial charge >= 0.3 is 0 Å². The number of nitrogens with two attached hydrogens (primary N) is 2. The molecule has 0 saturated carbocycles. The molecule has 8 heteroatoms. The Hall–Kier alpha value is -1.71. The lowest BCUT2D eigenvalue weighted by atomic mass is 10.2. The standard InChI is InChI=1S/C21H40N6O2.CH4/c1-2-3-13-26(15-11-24-10-8-22)17-18-27(14-9-23)16-12-25-21(29)19-6-4-5-7-20(19)28;/h4-7,24,28H,2-3,8-18,22-23H2,1H3,(H,25,29);1H4. The molecule has 0 radical (unpaired) electrons. The van der Waals surface area contributed by atoms with Crippen molar-refractivity contribution in [1.82, 2.24) is 20.4 Å². The van der Waals surface area contributed by atoms with Crippen molar-refractivity contribution in [2.75, 3.05) is 72.0 Å². The Kier molecular flexibility index (Phi) is 17.1. The number of para-hydroxylation sites is 1. The highest BCUT2D eigenvalue weighted by atomic mass is 16.3. The minimum Gasteiger partial charge on any atom is -0.507 e. The smallest absolute Gasteiger partial charge is 0.255 e. The third-order valence-electron chi connectivity index (χ3n) is 4.79. The molecule has 1 aromatic rings. The molecule has 0 atom stereocenters. The van der Waals surface area contributed by atoms with Gasteiger partial charge in [-0.1, -0.05) is 32.9 Å². The number of rotatable bonds is 17. The number of hydrogen-bond donors (Lipinski definition) is 5. The van der Waals surface area contributed by atoms with E-state index in [0.29, 0.717) is 25.2 Å². The van der Waals surface area contributed by atoms with E-state index in [2.05, 4.69) is 27.4 Å². The highest BCUT2D eigenvalue weighted by molar-refractivity contribution is 5.96. The molecule has 174 valence electrons. The summed E-state index contributed by atoms with van der Waals surface area (Å²) in [6, 6.07) is 6.57. The van der Waals surface area contributed by atoms with Gasteiger partial charge in [0.2, 0.25) is 0 Å². The lowest BCUT2D eigenvalue weighted by molar-refractivity contribution is 0.0944. The lowest BCUT2D eigenvalue weighted by Crippen LogP contribution is -2.43. The molecular formula is C22H44N6O2. The predicted molar refractivity (Wildman–Crippen MR) is 126 cm³/mol. The van der Waals surface area contributed by atoms with E-state index in [-0.39, 0.29) is 19.1 Å². The van der Waals surface area contributed by atoms with Crippen LogP contribution in [0.4, 0.5) is 0 Å². The second-order valence-corrected chi connectivity index (χ2v) is 7.14. The summed E-state index contributed by atoms with van der Waals surface area (Å²) in [5, 5.41) is 16.0. The van der Waals surface area contributed by atoms with E-state index in [1.54, 1.807) is 18.2 Å². The number of phenolic OH excluding ortho intramolecular Hbond substituents is 1. The first-order valence-corrected chi connectivity index (χ1v) is 10.7. The van der Waals surface area contributed by atoms with Gasteiger partial charge in [0.15, 0.2) is 0 Å². The minimum atomic E-state index is -0.258. The number of unbranched alkanes of at least 4 members (excludes halogenated alkanes) is 1. The van der Waals surface area contributed by atoms with Gasteiger partial charge in [-0.3, -0.25) is 9.69 Å². The number of nitrogens with zero attached hydrogens (tertiary/aromatic N) is 2. The maximum atomic E-state index is 12.2. The average molecular weight is 425 g/mol. The monoisotopic (exact) mass is 424 g/mol.